The minimum atomic E-state index is -1.19. The second-order valence-corrected chi connectivity index (χ2v) is 19.6. The van der Waals surface area contributed by atoms with Crippen LogP contribution in [0.4, 0.5) is 22.9 Å². The van der Waals surface area contributed by atoms with Crippen molar-refractivity contribution in [3.05, 3.63) is 138 Å². The molecule has 0 bridgehead atoms. The molecule has 18 heteroatoms. The fourth-order valence-electron chi connectivity index (χ4n) is 9.50. The predicted octanol–water partition coefficient (Wildman–Crippen LogP) is 7.32. The third-order valence-corrected chi connectivity index (χ3v) is 14.3. The molecule has 2 fully saturated rings. The number of likely N-dealkylation sites (tertiary alicyclic amines) is 1. The Morgan fingerprint density at radius 1 is 0.679 bits per heavy atom. The van der Waals surface area contributed by atoms with E-state index in [0.717, 1.165) is 104 Å². The minimum absolute atomic E-state index is 0.0612. The predicted molar refractivity (Wildman–Crippen MR) is 311 cm³/mol. The lowest BCUT2D eigenvalue weighted by Gasteiger charge is -2.38. The fraction of sp³-hybridized carbons (Fsp3) is 0.467. The van der Waals surface area contributed by atoms with Crippen LogP contribution in [-0.4, -0.2) is 157 Å². The maximum atomic E-state index is 12.5. The number of ether oxygens (including phenoxy) is 1. The second-order valence-electron chi connectivity index (χ2n) is 19.6. The standard InChI is InChI=1S/C22H28N2O.2C14H22N2O.C10H13N5O4/c1-2-22(25)24(20-11-7-4-8-12-20)21-14-17-23(18-15-21)16-13-19-9-5-3-6-10-19;2*1-5-16(6-2)10-13(17)15-14-11(3)8-7-9-12(14)4;11-8-5-9(13-2-12-8)15(3-14-5)10-7(18)6(17)4(1-16)19-10/h3-12,21H,2,13-18H2,1H3;2*7-9H,5-6,10H2,1-4H3,(H,15,17);2-4,6-7,10,16-18H,1H2,(H2,11,12,13)/t;;;4-,6-,7-,10-/m...1/s1. The summed E-state index contributed by atoms with van der Waals surface area (Å²) in [5, 5.41) is 34.7. The van der Waals surface area contributed by atoms with Crippen LogP contribution in [0.15, 0.2) is 110 Å². The largest absolute Gasteiger partial charge is 0.394 e. The molecule has 4 heterocycles. The Bertz CT molecular complexity index is 2650. The van der Waals surface area contributed by atoms with Gasteiger partial charge in [0.05, 0.1) is 26.0 Å². The molecule has 0 saturated carbocycles. The first-order valence-electron chi connectivity index (χ1n) is 27.4. The van der Waals surface area contributed by atoms with Crippen molar-refractivity contribution in [2.45, 2.75) is 119 Å². The first-order valence-corrected chi connectivity index (χ1v) is 27.4. The van der Waals surface area contributed by atoms with Gasteiger partial charge in [0.25, 0.3) is 0 Å². The van der Waals surface area contributed by atoms with Crippen molar-refractivity contribution in [3.63, 3.8) is 0 Å². The van der Waals surface area contributed by atoms with Gasteiger partial charge in [0.15, 0.2) is 17.7 Å². The first-order chi connectivity index (χ1) is 37.6. The van der Waals surface area contributed by atoms with Crippen LogP contribution in [0.3, 0.4) is 0 Å². The molecule has 2 aromatic heterocycles. The molecule has 0 unspecified atom stereocenters. The van der Waals surface area contributed by atoms with Gasteiger partial charge in [0.1, 0.15) is 30.2 Å². The quantitative estimate of drug-likeness (QED) is 0.0496. The van der Waals surface area contributed by atoms with Crippen molar-refractivity contribution in [1.82, 2.24) is 34.2 Å². The number of fused-ring (bicyclic) bond motifs is 1. The molecule has 2 aliphatic rings. The summed E-state index contributed by atoms with van der Waals surface area (Å²) in [6.07, 6.45) is 2.34. The number of likely N-dealkylation sites (N-methyl/N-ethyl adjacent to an activating group) is 2. The maximum absolute atomic E-state index is 12.5. The average Bonchev–Trinajstić information content (AvgIpc) is 4.06. The summed E-state index contributed by atoms with van der Waals surface area (Å²) >= 11 is 0. The molecule has 0 spiro atoms. The molecule has 78 heavy (non-hydrogen) atoms. The van der Waals surface area contributed by atoms with Crippen LogP contribution in [-0.2, 0) is 25.5 Å². The van der Waals surface area contributed by atoms with Crippen LogP contribution in [0.1, 0.15) is 87.9 Å². The number of carbonyl (C=O) groups excluding carboxylic acids is 3. The monoisotopic (exact) mass is 1070 g/mol. The molecule has 422 valence electrons. The van der Waals surface area contributed by atoms with Gasteiger partial charge in [-0.25, -0.2) is 15.0 Å². The van der Waals surface area contributed by atoms with Gasteiger partial charge >= 0.3 is 0 Å². The molecule has 2 saturated heterocycles. The van der Waals surface area contributed by atoms with Crippen LogP contribution in [0, 0.1) is 27.7 Å². The molecular formula is C60H85N11O7. The average molecular weight is 1070 g/mol. The zero-order valence-electron chi connectivity index (χ0n) is 47.3. The van der Waals surface area contributed by atoms with E-state index in [0.29, 0.717) is 36.7 Å². The molecular weight excluding hydrogens is 987 g/mol. The van der Waals surface area contributed by atoms with Crippen LogP contribution >= 0.6 is 0 Å². The number of aliphatic hydroxyl groups is 3. The van der Waals surface area contributed by atoms with Gasteiger partial charge in [-0.15, -0.1) is 0 Å². The lowest BCUT2D eigenvalue weighted by atomic mass is 10.0. The van der Waals surface area contributed by atoms with Crippen molar-refractivity contribution in [2.24, 2.45) is 0 Å². The number of anilines is 4. The number of para-hydroxylation sites is 3. The van der Waals surface area contributed by atoms with E-state index in [9.17, 15) is 24.6 Å². The van der Waals surface area contributed by atoms with Crippen LogP contribution in [0.2, 0.25) is 0 Å². The van der Waals surface area contributed by atoms with Crippen LogP contribution < -0.4 is 21.3 Å². The highest BCUT2D eigenvalue weighted by molar-refractivity contribution is 5.95. The molecule has 0 radical (unpaired) electrons. The third kappa shape index (κ3) is 17.7. The number of rotatable bonds is 18. The Hall–Kier alpha value is -6.64. The summed E-state index contributed by atoms with van der Waals surface area (Å²) in [5.41, 5.74) is 15.2. The maximum Gasteiger partial charge on any atom is 0.238 e. The Morgan fingerprint density at radius 3 is 1.64 bits per heavy atom. The molecule has 4 aromatic carbocycles. The number of imidazole rings is 1. The first kappa shape index (κ1) is 62.2. The zero-order chi connectivity index (χ0) is 56.7. The molecule has 8 rings (SSSR count). The topological polar surface area (TPSA) is 228 Å². The fourth-order valence-corrected chi connectivity index (χ4v) is 9.50. The van der Waals surface area contributed by atoms with Gasteiger partial charge in [0.2, 0.25) is 17.7 Å². The van der Waals surface area contributed by atoms with Crippen molar-refractivity contribution in [2.75, 3.05) is 86.8 Å². The van der Waals surface area contributed by atoms with E-state index in [4.69, 9.17) is 15.6 Å². The van der Waals surface area contributed by atoms with Crippen LogP contribution in [0.25, 0.3) is 11.2 Å². The second kappa shape index (κ2) is 31.7. The number of carbonyl (C=O) groups is 3. The summed E-state index contributed by atoms with van der Waals surface area (Å²) < 4.78 is 6.85. The molecule has 6 aromatic rings. The number of hydrogen-bond donors (Lipinski definition) is 6. The zero-order valence-corrected chi connectivity index (χ0v) is 47.3. The van der Waals surface area contributed by atoms with E-state index in [1.54, 1.807) is 0 Å². The summed E-state index contributed by atoms with van der Waals surface area (Å²) in [6, 6.07) is 33.2. The van der Waals surface area contributed by atoms with Crippen molar-refractivity contribution < 1.29 is 34.4 Å². The van der Waals surface area contributed by atoms with E-state index in [-0.39, 0.29) is 23.5 Å². The van der Waals surface area contributed by atoms with Crippen molar-refractivity contribution in [1.29, 1.82) is 0 Å². The van der Waals surface area contributed by atoms with Gasteiger partial charge in [-0.2, -0.15) is 0 Å². The SMILES string of the molecule is CCC(=O)N(c1ccccc1)C1CCN(CCc2ccccc2)CC1.CCN(CC)CC(=O)Nc1c(C)cccc1C.CCN(CC)CC(=O)Nc1c(C)cccc1C.Nc1ncnc2c1ncn2[C@@H]1O[C@H](CO)[C@@H](O)[C@H]1O. The van der Waals surface area contributed by atoms with E-state index >= 15 is 0 Å². The summed E-state index contributed by atoms with van der Waals surface area (Å²) in [6.45, 7) is 25.6. The lowest BCUT2D eigenvalue weighted by Crippen LogP contribution is -2.47. The summed E-state index contributed by atoms with van der Waals surface area (Å²) in [7, 11) is 0. The van der Waals surface area contributed by atoms with Crippen molar-refractivity contribution >= 4 is 51.8 Å². The molecule has 2 aliphatic heterocycles. The minimum Gasteiger partial charge on any atom is -0.394 e. The Balaban J connectivity index is 0.000000194. The molecule has 4 atom stereocenters. The number of nitrogens with zero attached hydrogens (tertiary/aromatic N) is 8. The number of nitrogen functional groups attached to an aromatic ring is 1. The number of aliphatic hydroxyl groups excluding tert-OH is 3. The lowest BCUT2D eigenvalue weighted by molar-refractivity contribution is -0.119. The Morgan fingerprint density at radius 2 is 1.18 bits per heavy atom. The van der Waals surface area contributed by atoms with Gasteiger partial charge in [0, 0.05) is 49.2 Å². The number of hydrogen-bond acceptors (Lipinski definition) is 14. The normalized spacial score (nSPS) is 17.3. The summed E-state index contributed by atoms with van der Waals surface area (Å²) in [5.74, 6) is 0.571. The molecule has 3 amide bonds. The third-order valence-electron chi connectivity index (χ3n) is 14.3. The van der Waals surface area contributed by atoms with E-state index in [1.165, 1.54) is 22.8 Å². The van der Waals surface area contributed by atoms with Crippen molar-refractivity contribution in [3.8, 4) is 0 Å². The number of nitrogens with one attached hydrogen (secondary N) is 2. The molecule has 0 aliphatic carbocycles. The smallest absolute Gasteiger partial charge is 0.238 e. The molecule has 18 nitrogen and oxygen atoms in total. The highest BCUT2D eigenvalue weighted by atomic mass is 16.6. The van der Waals surface area contributed by atoms with Gasteiger partial charge in [-0.3, -0.25) is 28.8 Å². The van der Waals surface area contributed by atoms with Crippen LogP contribution in [0.5, 0.6) is 0 Å². The number of benzene rings is 4. The number of nitrogens with two attached hydrogens (primary N) is 1. The highest BCUT2D eigenvalue weighted by Crippen LogP contribution is 2.32. The number of aryl methyl sites for hydroxylation is 4. The van der Waals surface area contributed by atoms with Gasteiger partial charge in [-0.05, 0) is 113 Å². The van der Waals surface area contributed by atoms with E-state index in [1.807, 2.05) is 94.1 Å². The van der Waals surface area contributed by atoms with E-state index < -0.39 is 31.1 Å². The number of aromatic nitrogens is 4. The van der Waals surface area contributed by atoms with Gasteiger partial charge < -0.3 is 46.2 Å². The Kier molecular flexibility index (Phi) is 25.3. The molecule has 7 N–H and O–H groups in total. The Labute approximate surface area is 461 Å². The number of piperidine rings is 1. The van der Waals surface area contributed by atoms with E-state index in [2.05, 4.69) is 110 Å². The highest BCUT2D eigenvalue weighted by Gasteiger charge is 2.44. The number of amides is 3. The summed E-state index contributed by atoms with van der Waals surface area (Å²) in [4.78, 5) is 57.0. The van der Waals surface area contributed by atoms with Gasteiger partial charge in [-0.1, -0.05) is 120 Å².